The van der Waals surface area contributed by atoms with Crippen LogP contribution in [0.1, 0.15) is 33.6 Å². The Morgan fingerprint density at radius 1 is 1.29 bits per heavy atom. The van der Waals surface area contributed by atoms with E-state index in [9.17, 15) is 9.59 Å². The predicted molar refractivity (Wildman–Crippen MR) is 106 cm³/mol. The van der Waals surface area contributed by atoms with Crippen LogP contribution in [-0.4, -0.2) is 63.1 Å². The molecule has 0 aromatic rings. The number of likely N-dealkylation sites (tertiary alicyclic amines) is 1. The summed E-state index contributed by atoms with van der Waals surface area (Å²) in [5, 5.41) is 5.94. The molecule has 1 amide bonds. The van der Waals surface area contributed by atoms with Gasteiger partial charge in [-0.2, -0.15) is 0 Å². The number of guanidine groups is 1. The lowest BCUT2D eigenvalue weighted by Gasteiger charge is -2.34. The van der Waals surface area contributed by atoms with Crippen LogP contribution < -0.4 is 10.6 Å². The number of hydrogen-bond donors (Lipinski definition) is 2. The highest BCUT2D eigenvalue weighted by molar-refractivity contribution is 14.0. The SMILES string of the molecule is CCOC(=O)C1CCN(C(=NC)NCC(C)(C)C(=O)NC)CC1.I. The molecule has 1 fully saturated rings. The Balaban J connectivity index is 0.00000529. The molecule has 1 heterocycles. The fraction of sp³-hybridized carbons (Fsp3) is 0.812. The highest BCUT2D eigenvalue weighted by atomic mass is 127. The Morgan fingerprint density at radius 2 is 1.88 bits per heavy atom. The standard InChI is InChI=1S/C16H30N4O3.HI/c1-6-23-13(21)12-7-9-20(10-8-12)15(18-5)19-11-16(2,3)14(22)17-4;/h12H,6-11H2,1-5H3,(H,17,22)(H,18,19);1H. The number of carbonyl (C=O) groups excluding carboxylic acids is 2. The van der Waals surface area contributed by atoms with Gasteiger partial charge in [0, 0.05) is 33.7 Å². The van der Waals surface area contributed by atoms with Crippen LogP contribution in [0.4, 0.5) is 0 Å². The first-order valence-corrected chi connectivity index (χ1v) is 8.20. The Hall–Kier alpha value is -1.06. The van der Waals surface area contributed by atoms with E-state index in [4.69, 9.17) is 4.74 Å². The number of ether oxygens (including phenoxy) is 1. The summed E-state index contributed by atoms with van der Waals surface area (Å²) in [5.74, 6) is 0.633. The van der Waals surface area contributed by atoms with Crippen molar-refractivity contribution in [3.8, 4) is 0 Å². The molecule has 1 rings (SSSR count). The van der Waals surface area contributed by atoms with E-state index in [1.165, 1.54) is 0 Å². The summed E-state index contributed by atoms with van der Waals surface area (Å²) in [6.45, 7) is 8.03. The summed E-state index contributed by atoms with van der Waals surface area (Å²) < 4.78 is 5.09. The summed E-state index contributed by atoms with van der Waals surface area (Å²) >= 11 is 0. The predicted octanol–water partition coefficient (Wildman–Crippen LogP) is 1.23. The first-order valence-electron chi connectivity index (χ1n) is 8.20. The number of carbonyl (C=O) groups is 2. The van der Waals surface area contributed by atoms with Gasteiger partial charge in [0.1, 0.15) is 0 Å². The van der Waals surface area contributed by atoms with Crippen molar-refractivity contribution in [1.29, 1.82) is 0 Å². The summed E-state index contributed by atoms with van der Waals surface area (Å²) in [7, 11) is 3.37. The van der Waals surface area contributed by atoms with Gasteiger partial charge in [0.2, 0.25) is 5.91 Å². The highest BCUT2D eigenvalue weighted by Gasteiger charge is 2.30. The molecule has 24 heavy (non-hydrogen) atoms. The third-order valence-corrected chi connectivity index (χ3v) is 4.16. The van der Waals surface area contributed by atoms with E-state index < -0.39 is 5.41 Å². The van der Waals surface area contributed by atoms with Gasteiger partial charge in [-0.25, -0.2) is 0 Å². The van der Waals surface area contributed by atoms with Gasteiger partial charge in [-0.3, -0.25) is 14.6 Å². The number of halogens is 1. The van der Waals surface area contributed by atoms with E-state index in [0.717, 1.165) is 31.9 Å². The second kappa shape index (κ2) is 10.7. The van der Waals surface area contributed by atoms with Crippen LogP contribution >= 0.6 is 24.0 Å². The Morgan fingerprint density at radius 3 is 2.33 bits per heavy atom. The van der Waals surface area contributed by atoms with Gasteiger partial charge in [0.25, 0.3) is 0 Å². The fourth-order valence-electron chi connectivity index (χ4n) is 2.64. The largest absolute Gasteiger partial charge is 0.466 e. The number of nitrogens with one attached hydrogen (secondary N) is 2. The molecule has 0 spiro atoms. The zero-order valence-corrected chi connectivity index (χ0v) is 17.7. The minimum Gasteiger partial charge on any atom is -0.466 e. The number of hydrogen-bond acceptors (Lipinski definition) is 4. The lowest BCUT2D eigenvalue weighted by Crippen LogP contribution is -2.50. The molecule has 2 N–H and O–H groups in total. The molecule has 1 aliphatic heterocycles. The van der Waals surface area contributed by atoms with Crippen molar-refractivity contribution in [3.63, 3.8) is 0 Å². The molecule has 0 aliphatic carbocycles. The maximum Gasteiger partial charge on any atom is 0.309 e. The van der Waals surface area contributed by atoms with Gasteiger partial charge < -0.3 is 20.3 Å². The van der Waals surface area contributed by atoms with Crippen molar-refractivity contribution >= 4 is 41.8 Å². The van der Waals surface area contributed by atoms with Crippen molar-refractivity contribution in [1.82, 2.24) is 15.5 Å². The van der Waals surface area contributed by atoms with E-state index >= 15 is 0 Å². The average molecular weight is 454 g/mol. The van der Waals surface area contributed by atoms with Gasteiger partial charge >= 0.3 is 5.97 Å². The zero-order chi connectivity index (χ0) is 17.5. The Kier molecular flexibility index (Phi) is 10.3. The molecule has 0 radical (unpaired) electrons. The third-order valence-electron chi connectivity index (χ3n) is 4.16. The molecule has 0 saturated carbocycles. The Bertz CT molecular complexity index is 447. The van der Waals surface area contributed by atoms with Gasteiger partial charge in [0.05, 0.1) is 17.9 Å². The van der Waals surface area contributed by atoms with E-state index in [0.29, 0.717) is 13.2 Å². The molecule has 7 nitrogen and oxygen atoms in total. The Labute approximate surface area is 162 Å². The highest BCUT2D eigenvalue weighted by Crippen LogP contribution is 2.19. The number of rotatable bonds is 5. The molecule has 1 saturated heterocycles. The van der Waals surface area contributed by atoms with Crippen LogP contribution in [0.25, 0.3) is 0 Å². The lowest BCUT2D eigenvalue weighted by molar-refractivity contribution is -0.149. The number of aliphatic imine (C=N–C) groups is 1. The first kappa shape index (κ1) is 22.9. The summed E-state index contributed by atoms with van der Waals surface area (Å²) in [5.41, 5.74) is -0.520. The molecule has 0 aromatic heterocycles. The quantitative estimate of drug-likeness (QED) is 0.283. The van der Waals surface area contributed by atoms with Crippen LogP contribution in [0.5, 0.6) is 0 Å². The topological polar surface area (TPSA) is 83.0 Å². The van der Waals surface area contributed by atoms with Gasteiger partial charge in [-0.1, -0.05) is 0 Å². The molecule has 0 aromatic carbocycles. The third kappa shape index (κ3) is 6.45. The summed E-state index contributed by atoms with van der Waals surface area (Å²) in [4.78, 5) is 30.0. The minimum absolute atomic E-state index is 0. The minimum atomic E-state index is -0.520. The molecule has 0 bridgehead atoms. The summed E-state index contributed by atoms with van der Waals surface area (Å²) in [6.07, 6.45) is 1.52. The van der Waals surface area contributed by atoms with Crippen molar-refractivity contribution in [3.05, 3.63) is 0 Å². The van der Waals surface area contributed by atoms with E-state index in [1.54, 1.807) is 14.1 Å². The van der Waals surface area contributed by atoms with E-state index in [2.05, 4.69) is 20.5 Å². The smallest absolute Gasteiger partial charge is 0.309 e. The second-order valence-electron chi connectivity index (χ2n) is 6.38. The van der Waals surface area contributed by atoms with Crippen LogP contribution in [0, 0.1) is 11.3 Å². The number of piperidine rings is 1. The van der Waals surface area contributed by atoms with Crippen molar-refractivity contribution in [2.75, 3.05) is 40.3 Å². The molecule has 0 unspecified atom stereocenters. The van der Waals surface area contributed by atoms with Crippen LogP contribution in [0.2, 0.25) is 0 Å². The van der Waals surface area contributed by atoms with Gasteiger partial charge in [0.15, 0.2) is 5.96 Å². The molecule has 1 aliphatic rings. The first-order chi connectivity index (χ1) is 10.9. The van der Waals surface area contributed by atoms with E-state index in [-0.39, 0.29) is 41.8 Å². The molecule has 8 heteroatoms. The normalized spacial score (nSPS) is 16.2. The van der Waals surface area contributed by atoms with Crippen molar-refractivity contribution in [2.24, 2.45) is 16.3 Å². The van der Waals surface area contributed by atoms with Gasteiger partial charge in [-0.05, 0) is 33.6 Å². The maximum atomic E-state index is 11.8. The van der Waals surface area contributed by atoms with Gasteiger partial charge in [-0.15, -0.1) is 24.0 Å². The number of amides is 1. The van der Waals surface area contributed by atoms with Crippen LogP contribution in [0.15, 0.2) is 4.99 Å². The molecule has 0 atom stereocenters. The van der Waals surface area contributed by atoms with Crippen molar-refractivity contribution < 1.29 is 14.3 Å². The number of nitrogens with zero attached hydrogens (tertiary/aromatic N) is 2. The van der Waals surface area contributed by atoms with Crippen LogP contribution in [-0.2, 0) is 14.3 Å². The lowest BCUT2D eigenvalue weighted by atomic mass is 9.92. The molecular formula is C16H31IN4O3. The average Bonchev–Trinajstić information content (AvgIpc) is 2.55. The molecular weight excluding hydrogens is 423 g/mol. The zero-order valence-electron chi connectivity index (χ0n) is 15.3. The fourth-order valence-corrected chi connectivity index (χ4v) is 2.64. The number of esters is 1. The van der Waals surface area contributed by atoms with E-state index in [1.807, 2.05) is 20.8 Å². The monoisotopic (exact) mass is 454 g/mol. The summed E-state index contributed by atoms with van der Waals surface area (Å²) in [6, 6.07) is 0. The maximum absolute atomic E-state index is 11.8. The van der Waals surface area contributed by atoms with Crippen molar-refractivity contribution in [2.45, 2.75) is 33.6 Å². The van der Waals surface area contributed by atoms with Crippen LogP contribution in [0.3, 0.4) is 0 Å². The second-order valence-corrected chi connectivity index (χ2v) is 6.38. The molecule has 140 valence electrons.